The lowest BCUT2D eigenvalue weighted by Gasteiger charge is -2.05. The van der Waals surface area contributed by atoms with E-state index in [0.29, 0.717) is 27.8 Å². The van der Waals surface area contributed by atoms with Crippen LogP contribution in [-0.2, 0) is 6.61 Å². The van der Waals surface area contributed by atoms with Gasteiger partial charge >= 0.3 is 0 Å². The summed E-state index contributed by atoms with van der Waals surface area (Å²) in [5.74, 6) is 1.29. The van der Waals surface area contributed by atoms with E-state index < -0.39 is 0 Å². The van der Waals surface area contributed by atoms with E-state index in [9.17, 15) is 4.79 Å². The Morgan fingerprint density at radius 3 is 2.76 bits per heavy atom. The lowest BCUT2D eigenvalue weighted by Crippen LogP contribution is -2.11. The summed E-state index contributed by atoms with van der Waals surface area (Å²) in [4.78, 5) is 12.2. The molecule has 0 aliphatic rings. The number of thioether (sulfide) groups is 1. The first-order valence-corrected chi connectivity index (χ1v) is 9.24. The van der Waals surface area contributed by atoms with Crippen molar-refractivity contribution >= 4 is 34.1 Å². The minimum Gasteiger partial charge on any atom is -0.487 e. The van der Waals surface area contributed by atoms with E-state index in [4.69, 9.17) is 4.74 Å². The predicted molar refractivity (Wildman–Crippen MR) is 94.1 cm³/mol. The van der Waals surface area contributed by atoms with Crippen molar-refractivity contribution in [2.45, 2.75) is 24.8 Å². The van der Waals surface area contributed by atoms with Crippen LogP contribution in [0.2, 0.25) is 0 Å². The van der Waals surface area contributed by atoms with Gasteiger partial charge in [-0.3, -0.25) is 10.1 Å². The predicted octanol–water partition coefficient (Wildman–Crippen LogP) is 3.17. The Morgan fingerprint density at radius 2 is 2.08 bits per heavy atom. The Bertz CT molecular complexity index is 847. The largest absolute Gasteiger partial charge is 0.487 e. The summed E-state index contributed by atoms with van der Waals surface area (Å²) in [7, 11) is 0. The molecular weight excluding hydrogens is 362 g/mol. The molecule has 1 amide bonds. The molecule has 8 nitrogen and oxygen atoms in total. The first-order valence-electron chi connectivity index (χ1n) is 7.44. The quantitative estimate of drug-likeness (QED) is 0.495. The zero-order chi connectivity index (χ0) is 17.6. The number of benzene rings is 1. The molecule has 1 aromatic carbocycles. The Balaban J connectivity index is 1.57. The molecule has 0 aliphatic heterocycles. The maximum Gasteiger partial charge on any atom is 0.257 e. The standard InChI is InChI=1S/C15H15N5O3S2/c1-3-24-15-18-17-14(25-15)16-13(21)10-4-6-11(7-5-10)22-8-12-9(2)19-23-20-12/h4-7H,3,8H2,1-2H3,(H,16,17,21). The number of nitrogens with zero attached hydrogens (tertiary/aromatic N) is 4. The van der Waals surface area contributed by atoms with Gasteiger partial charge < -0.3 is 4.74 Å². The monoisotopic (exact) mass is 377 g/mol. The van der Waals surface area contributed by atoms with E-state index in [0.717, 1.165) is 10.1 Å². The number of amides is 1. The van der Waals surface area contributed by atoms with Crippen LogP contribution in [0.3, 0.4) is 0 Å². The Hall–Kier alpha value is -2.46. The average Bonchev–Trinajstić information content (AvgIpc) is 3.23. The number of rotatable bonds is 7. The molecule has 0 radical (unpaired) electrons. The van der Waals surface area contributed by atoms with Gasteiger partial charge in [0.05, 0.1) is 0 Å². The van der Waals surface area contributed by atoms with Gasteiger partial charge in [0.1, 0.15) is 23.7 Å². The minimum atomic E-state index is -0.243. The van der Waals surface area contributed by atoms with E-state index >= 15 is 0 Å². The van der Waals surface area contributed by atoms with Crippen molar-refractivity contribution in [3.8, 4) is 5.75 Å². The molecule has 3 rings (SSSR count). The Morgan fingerprint density at radius 1 is 1.28 bits per heavy atom. The summed E-state index contributed by atoms with van der Waals surface area (Å²) in [6.07, 6.45) is 0. The first-order chi connectivity index (χ1) is 12.2. The molecule has 0 saturated carbocycles. The van der Waals surface area contributed by atoms with Gasteiger partial charge in [-0.05, 0) is 36.9 Å². The highest BCUT2D eigenvalue weighted by Gasteiger charge is 2.11. The Kier molecular flexibility index (Phi) is 5.61. The van der Waals surface area contributed by atoms with Crippen LogP contribution in [0, 0.1) is 6.92 Å². The second kappa shape index (κ2) is 8.08. The molecule has 0 fully saturated rings. The van der Waals surface area contributed by atoms with Crippen molar-refractivity contribution in [3.05, 3.63) is 41.2 Å². The molecule has 0 spiro atoms. The fourth-order valence-corrected chi connectivity index (χ4v) is 3.49. The maximum absolute atomic E-state index is 12.2. The fourth-order valence-electron chi connectivity index (χ4n) is 1.85. The molecule has 0 saturated heterocycles. The minimum absolute atomic E-state index is 0.243. The lowest BCUT2D eigenvalue weighted by molar-refractivity contribution is 0.102. The second-order valence-electron chi connectivity index (χ2n) is 4.87. The van der Waals surface area contributed by atoms with Crippen LogP contribution in [0.25, 0.3) is 0 Å². The second-order valence-corrected chi connectivity index (χ2v) is 7.36. The molecule has 0 atom stereocenters. The number of hydrogen-bond acceptors (Lipinski definition) is 9. The number of hydrogen-bond donors (Lipinski definition) is 1. The lowest BCUT2D eigenvalue weighted by atomic mass is 10.2. The molecule has 25 heavy (non-hydrogen) atoms. The highest BCUT2D eigenvalue weighted by atomic mass is 32.2. The third-order valence-electron chi connectivity index (χ3n) is 3.13. The van der Waals surface area contributed by atoms with Gasteiger partial charge in [-0.2, -0.15) is 0 Å². The van der Waals surface area contributed by atoms with E-state index in [1.54, 1.807) is 43.0 Å². The summed E-state index contributed by atoms with van der Waals surface area (Å²) in [5, 5.41) is 18.6. The van der Waals surface area contributed by atoms with Crippen molar-refractivity contribution < 1.29 is 14.2 Å². The molecule has 0 aliphatic carbocycles. The van der Waals surface area contributed by atoms with Crippen molar-refractivity contribution in [2.75, 3.05) is 11.1 Å². The number of carbonyl (C=O) groups excluding carboxylic acids is 1. The molecular formula is C15H15N5O3S2. The first kappa shape index (κ1) is 17.4. The number of nitrogens with one attached hydrogen (secondary N) is 1. The number of aromatic nitrogens is 4. The van der Waals surface area contributed by atoms with Gasteiger partial charge in [-0.25, -0.2) is 4.63 Å². The number of ether oxygens (including phenoxy) is 1. The zero-order valence-corrected chi connectivity index (χ0v) is 15.2. The maximum atomic E-state index is 12.2. The topological polar surface area (TPSA) is 103 Å². The number of anilines is 1. The zero-order valence-electron chi connectivity index (χ0n) is 13.6. The highest BCUT2D eigenvalue weighted by molar-refractivity contribution is 8.01. The van der Waals surface area contributed by atoms with Crippen LogP contribution in [0.4, 0.5) is 5.13 Å². The van der Waals surface area contributed by atoms with Crippen molar-refractivity contribution in [1.82, 2.24) is 20.5 Å². The average molecular weight is 377 g/mol. The normalized spacial score (nSPS) is 10.6. The summed E-state index contributed by atoms with van der Waals surface area (Å²) in [6, 6.07) is 6.80. The third-order valence-corrected chi connectivity index (χ3v) is 4.99. The van der Waals surface area contributed by atoms with E-state index in [1.807, 2.05) is 6.92 Å². The van der Waals surface area contributed by atoms with E-state index in [1.165, 1.54) is 11.3 Å². The fraction of sp³-hybridized carbons (Fsp3) is 0.267. The van der Waals surface area contributed by atoms with Crippen molar-refractivity contribution in [3.63, 3.8) is 0 Å². The van der Waals surface area contributed by atoms with Crippen LogP contribution >= 0.6 is 23.1 Å². The molecule has 130 valence electrons. The van der Waals surface area contributed by atoms with Crippen LogP contribution in [0.15, 0.2) is 33.2 Å². The van der Waals surface area contributed by atoms with Gasteiger partial charge in [-0.15, -0.1) is 10.2 Å². The molecule has 0 bridgehead atoms. The number of aryl methyl sites for hydroxylation is 1. The van der Waals surface area contributed by atoms with Gasteiger partial charge in [0.2, 0.25) is 5.13 Å². The van der Waals surface area contributed by atoms with Crippen LogP contribution < -0.4 is 10.1 Å². The van der Waals surface area contributed by atoms with Gasteiger partial charge in [0.25, 0.3) is 5.91 Å². The molecule has 1 N–H and O–H groups in total. The van der Waals surface area contributed by atoms with Gasteiger partial charge in [-0.1, -0.05) is 40.3 Å². The van der Waals surface area contributed by atoms with E-state index in [2.05, 4.69) is 30.5 Å². The van der Waals surface area contributed by atoms with E-state index in [-0.39, 0.29) is 12.5 Å². The molecule has 10 heteroatoms. The van der Waals surface area contributed by atoms with Crippen LogP contribution in [0.1, 0.15) is 28.7 Å². The third kappa shape index (κ3) is 4.54. The summed E-state index contributed by atoms with van der Waals surface area (Å²) >= 11 is 2.94. The van der Waals surface area contributed by atoms with Crippen LogP contribution in [0.5, 0.6) is 5.75 Å². The summed E-state index contributed by atoms with van der Waals surface area (Å²) in [6.45, 7) is 4.08. The molecule has 2 heterocycles. The Labute approximate surface area is 152 Å². The number of carbonyl (C=O) groups is 1. The molecule has 3 aromatic rings. The molecule has 2 aromatic heterocycles. The van der Waals surface area contributed by atoms with Gasteiger partial charge in [0, 0.05) is 5.56 Å². The van der Waals surface area contributed by atoms with Crippen LogP contribution in [-0.4, -0.2) is 32.2 Å². The van der Waals surface area contributed by atoms with Crippen molar-refractivity contribution in [1.29, 1.82) is 0 Å². The SMILES string of the molecule is CCSc1nnc(NC(=O)c2ccc(OCc3nonc3C)cc2)s1. The van der Waals surface area contributed by atoms with Gasteiger partial charge in [0.15, 0.2) is 4.34 Å². The summed E-state index contributed by atoms with van der Waals surface area (Å²) < 4.78 is 11.0. The molecule has 0 unspecified atom stereocenters. The smallest absolute Gasteiger partial charge is 0.257 e. The highest BCUT2D eigenvalue weighted by Crippen LogP contribution is 2.25. The van der Waals surface area contributed by atoms with Crippen molar-refractivity contribution in [2.24, 2.45) is 0 Å². The summed E-state index contributed by atoms with van der Waals surface area (Å²) in [5.41, 5.74) is 1.83.